The minimum atomic E-state index is 0.756. The van der Waals surface area contributed by atoms with Gasteiger partial charge in [-0.15, -0.1) is 0 Å². The maximum Gasteiger partial charge on any atom is 0.137 e. The van der Waals surface area contributed by atoms with Gasteiger partial charge in [-0.1, -0.05) is 0 Å². The summed E-state index contributed by atoms with van der Waals surface area (Å²) in [5.41, 5.74) is 1.10. The van der Waals surface area contributed by atoms with Crippen LogP contribution in [0.15, 0.2) is 0 Å². The average Bonchev–Trinajstić information content (AvgIpc) is 3.22. The summed E-state index contributed by atoms with van der Waals surface area (Å²) in [6.45, 7) is 9.46. The predicted octanol–water partition coefficient (Wildman–Crippen LogP) is 2.39. The van der Waals surface area contributed by atoms with E-state index in [0.29, 0.717) is 0 Å². The molecule has 0 amide bonds. The summed E-state index contributed by atoms with van der Waals surface area (Å²) in [6.07, 6.45) is 2.68. The molecule has 0 saturated heterocycles. The number of hydrogen-bond acceptors (Lipinski definition) is 5. The molecule has 5 heteroatoms. The van der Waals surface area contributed by atoms with Crippen molar-refractivity contribution in [1.82, 2.24) is 9.97 Å². The van der Waals surface area contributed by atoms with Crippen LogP contribution in [0.1, 0.15) is 31.2 Å². The van der Waals surface area contributed by atoms with E-state index < -0.39 is 0 Å². The Bertz CT molecular complexity index is 446. The van der Waals surface area contributed by atoms with Crippen molar-refractivity contribution >= 4 is 11.6 Å². The van der Waals surface area contributed by atoms with Crippen LogP contribution in [0, 0.1) is 19.8 Å². The monoisotopic (exact) mass is 278 g/mol. The highest BCUT2D eigenvalue weighted by Gasteiger charge is 2.21. The van der Waals surface area contributed by atoms with E-state index in [1.807, 2.05) is 6.92 Å². The molecular weight excluding hydrogens is 252 g/mol. The van der Waals surface area contributed by atoms with E-state index in [-0.39, 0.29) is 0 Å². The first kappa shape index (κ1) is 15.0. The van der Waals surface area contributed by atoms with E-state index in [4.69, 9.17) is 4.74 Å². The Balaban J connectivity index is 1.94. The van der Waals surface area contributed by atoms with E-state index >= 15 is 0 Å². The Morgan fingerprint density at radius 1 is 1.30 bits per heavy atom. The van der Waals surface area contributed by atoms with Crippen LogP contribution in [-0.2, 0) is 4.74 Å². The van der Waals surface area contributed by atoms with Gasteiger partial charge in [-0.3, -0.25) is 0 Å². The summed E-state index contributed by atoms with van der Waals surface area (Å²) in [5, 5.41) is 3.29. The van der Waals surface area contributed by atoms with E-state index in [1.165, 1.54) is 12.8 Å². The first-order valence-corrected chi connectivity index (χ1v) is 7.49. The van der Waals surface area contributed by atoms with Gasteiger partial charge < -0.3 is 15.0 Å². The topological polar surface area (TPSA) is 50.3 Å². The van der Waals surface area contributed by atoms with E-state index in [2.05, 4.69) is 41.1 Å². The molecule has 0 atom stereocenters. The molecule has 0 aliphatic heterocycles. The van der Waals surface area contributed by atoms with Gasteiger partial charge in [0.15, 0.2) is 0 Å². The van der Waals surface area contributed by atoms with Gasteiger partial charge in [-0.25, -0.2) is 9.97 Å². The summed E-state index contributed by atoms with van der Waals surface area (Å²) >= 11 is 0. The molecule has 112 valence electrons. The maximum absolute atomic E-state index is 5.70. The standard InChI is InChI=1S/C15H26N4O/c1-5-16-14-11(2)15(18-12(3)17-14)19(4)8-9-20-10-13-6-7-13/h13H,5-10H2,1-4H3,(H,16,17,18). The van der Waals surface area contributed by atoms with Crippen LogP contribution in [-0.4, -0.2) is 43.3 Å². The lowest BCUT2D eigenvalue weighted by Crippen LogP contribution is -2.25. The Morgan fingerprint density at radius 2 is 2.05 bits per heavy atom. The third-order valence-electron chi connectivity index (χ3n) is 3.56. The molecule has 1 fully saturated rings. The molecule has 1 aromatic heterocycles. The quantitative estimate of drug-likeness (QED) is 0.740. The van der Waals surface area contributed by atoms with E-state index in [9.17, 15) is 0 Å². The van der Waals surface area contributed by atoms with Crippen molar-refractivity contribution in [2.75, 3.05) is 43.6 Å². The molecule has 1 aromatic rings. The maximum atomic E-state index is 5.70. The number of anilines is 2. The molecule has 0 bridgehead atoms. The zero-order valence-corrected chi connectivity index (χ0v) is 13.1. The summed E-state index contributed by atoms with van der Waals surface area (Å²) in [5.74, 6) is 3.54. The second kappa shape index (κ2) is 6.88. The average molecular weight is 278 g/mol. The molecule has 0 unspecified atom stereocenters. The Hall–Kier alpha value is -1.36. The number of rotatable bonds is 8. The highest BCUT2D eigenvalue weighted by atomic mass is 16.5. The van der Waals surface area contributed by atoms with Crippen LogP contribution in [0.4, 0.5) is 11.6 Å². The second-order valence-corrected chi connectivity index (χ2v) is 5.54. The highest BCUT2D eigenvalue weighted by Crippen LogP contribution is 2.28. The second-order valence-electron chi connectivity index (χ2n) is 5.54. The Morgan fingerprint density at radius 3 is 2.70 bits per heavy atom. The lowest BCUT2D eigenvalue weighted by Gasteiger charge is -2.22. The zero-order valence-electron chi connectivity index (χ0n) is 13.1. The highest BCUT2D eigenvalue weighted by molar-refractivity contribution is 5.58. The van der Waals surface area contributed by atoms with Crippen LogP contribution >= 0.6 is 0 Å². The number of likely N-dealkylation sites (N-methyl/N-ethyl adjacent to an activating group) is 1. The fraction of sp³-hybridized carbons (Fsp3) is 0.733. The lowest BCUT2D eigenvalue weighted by molar-refractivity contribution is 0.130. The lowest BCUT2D eigenvalue weighted by atomic mass is 10.3. The molecule has 1 aliphatic rings. The van der Waals surface area contributed by atoms with Gasteiger partial charge in [0.1, 0.15) is 17.5 Å². The normalized spacial score (nSPS) is 14.4. The summed E-state index contributed by atoms with van der Waals surface area (Å²) in [6, 6.07) is 0. The Labute approximate surface area is 121 Å². The molecule has 1 N–H and O–H groups in total. The minimum Gasteiger partial charge on any atom is -0.379 e. The number of nitrogens with one attached hydrogen (secondary N) is 1. The van der Waals surface area contributed by atoms with Crippen LogP contribution in [0.25, 0.3) is 0 Å². The summed E-state index contributed by atoms with van der Waals surface area (Å²) < 4.78 is 5.70. The first-order valence-electron chi connectivity index (χ1n) is 7.49. The molecular formula is C15H26N4O. The molecule has 0 radical (unpaired) electrons. The van der Waals surface area contributed by atoms with E-state index in [1.54, 1.807) is 0 Å². The van der Waals surface area contributed by atoms with Gasteiger partial charge in [-0.2, -0.15) is 0 Å². The third kappa shape index (κ3) is 4.07. The van der Waals surface area contributed by atoms with Crippen molar-refractivity contribution in [3.8, 4) is 0 Å². The SMILES string of the molecule is CCNc1nc(C)nc(N(C)CCOCC2CC2)c1C. The van der Waals surface area contributed by atoms with E-state index in [0.717, 1.165) is 55.2 Å². The molecule has 1 aliphatic carbocycles. The van der Waals surface area contributed by atoms with Crippen molar-refractivity contribution in [3.63, 3.8) is 0 Å². The van der Waals surface area contributed by atoms with Crippen molar-refractivity contribution < 1.29 is 4.74 Å². The zero-order chi connectivity index (χ0) is 14.5. The molecule has 20 heavy (non-hydrogen) atoms. The number of nitrogens with zero attached hydrogens (tertiary/aromatic N) is 3. The molecule has 0 aromatic carbocycles. The number of hydrogen-bond donors (Lipinski definition) is 1. The summed E-state index contributed by atoms with van der Waals surface area (Å²) in [4.78, 5) is 11.2. The largest absolute Gasteiger partial charge is 0.379 e. The van der Waals surface area contributed by atoms with Crippen molar-refractivity contribution in [2.45, 2.75) is 33.6 Å². The van der Waals surface area contributed by atoms with Crippen LogP contribution in [0.3, 0.4) is 0 Å². The van der Waals surface area contributed by atoms with Gasteiger partial charge in [0.05, 0.1) is 6.61 Å². The van der Waals surface area contributed by atoms with Crippen molar-refractivity contribution in [3.05, 3.63) is 11.4 Å². The minimum absolute atomic E-state index is 0.756. The molecule has 1 heterocycles. The fourth-order valence-corrected chi connectivity index (χ4v) is 2.17. The number of ether oxygens (including phenoxy) is 1. The fourth-order valence-electron chi connectivity index (χ4n) is 2.17. The van der Waals surface area contributed by atoms with Crippen LogP contribution < -0.4 is 10.2 Å². The molecule has 5 nitrogen and oxygen atoms in total. The number of aromatic nitrogens is 2. The Kier molecular flexibility index (Phi) is 5.17. The molecule has 0 spiro atoms. The van der Waals surface area contributed by atoms with Crippen LogP contribution in [0.5, 0.6) is 0 Å². The molecule has 2 rings (SSSR count). The molecule has 1 saturated carbocycles. The van der Waals surface area contributed by atoms with Gasteiger partial charge in [0, 0.05) is 32.3 Å². The third-order valence-corrected chi connectivity index (χ3v) is 3.56. The first-order chi connectivity index (χ1) is 9.61. The van der Waals surface area contributed by atoms with Crippen molar-refractivity contribution in [1.29, 1.82) is 0 Å². The smallest absolute Gasteiger partial charge is 0.137 e. The predicted molar refractivity (Wildman–Crippen MR) is 82.5 cm³/mol. The van der Waals surface area contributed by atoms with Crippen molar-refractivity contribution in [2.24, 2.45) is 5.92 Å². The van der Waals surface area contributed by atoms with Crippen LogP contribution in [0.2, 0.25) is 0 Å². The summed E-state index contributed by atoms with van der Waals surface area (Å²) in [7, 11) is 2.06. The van der Waals surface area contributed by atoms with Gasteiger partial charge in [0.25, 0.3) is 0 Å². The van der Waals surface area contributed by atoms with Gasteiger partial charge >= 0.3 is 0 Å². The van der Waals surface area contributed by atoms with Gasteiger partial charge in [-0.05, 0) is 39.5 Å². The van der Waals surface area contributed by atoms with Gasteiger partial charge in [0.2, 0.25) is 0 Å². The number of aryl methyl sites for hydroxylation is 1.